The summed E-state index contributed by atoms with van der Waals surface area (Å²) in [6, 6.07) is 13.9. The molecule has 0 heterocycles. The van der Waals surface area contributed by atoms with Crippen LogP contribution < -0.4 is 15.4 Å². The number of anilines is 2. The van der Waals surface area contributed by atoms with Crippen LogP contribution in [0, 0.1) is 11.8 Å². The van der Waals surface area contributed by atoms with Crippen molar-refractivity contribution in [3.05, 3.63) is 53.6 Å². The second-order valence-corrected chi connectivity index (χ2v) is 6.10. The van der Waals surface area contributed by atoms with Gasteiger partial charge in [-0.1, -0.05) is 11.6 Å². The van der Waals surface area contributed by atoms with Crippen LogP contribution in [0.2, 0.25) is 5.02 Å². The molecule has 2 unspecified atom stereocenters. The van der Waals surface area contributed by atoms with Gasteiger partial charge in [0.15, 0.2) is 0 Å². The molecule has 2 N–H and O–H groups in total. The van der Waals surface area contributed by atoms with Crippen LogP contribution in [0.4, 0.5) is 11.4 Å². The van der Waals surface area contributed by atoms with E-state index in [2.05, 4.69) is 10.6 Å². The first-order valence-electron chi connectivity index (χ1n) is 7.58. The molecule has 2 aromatic carbocycles. The average molecular weight is 345 g/mol. The van der Waals surface area contributed by atoms with Crippen molar-refractivity contribution in [2.75, 3.05) is 17.7 Å². The minimum Gasteiger partial charge on any atom is -0.497 e. The molecule has 6 heteroatoms. The maximum atomic E-state index is 12.2. The molecule has 3 rings (SSSR count). The molecule has 0 aliphatic heterocycles. The van der Waals surface area contributed by atoms with Crippen molar-refractivity contribution in [2.24, 2.45) is 11.8 Å². The van der Waals surface area contributed by atoms with Gasteiger partial charge < -0.3 is 15.4 Å². The van der Waals surface area contributed by atoms with Gasteiger partial charge in [-0.25, -0.2) is 0 Å². The number of ether oxygens (including phenoxy) is 1. The molecule has 0 aromatic heterocycles. The number of amides is 2. The molecule has 2 amide bonds. The molecule has 2 atom stereocenters. The van der Waals surface area contributed by atoms with Gasteiger partial charge >= 0.3 is 0 Å². The fourth-order valence-corrected chi connectivity index (χ4v) is 2.58. The van der Waals surface area contributed by atoms with Gasteiger partial charge in [-0.3, -0.25) is 9.59 Å². The number of benzene rings is 2. The van der Waals surface area contributed by atoms with E-state index in [1.165, 1.54) is 0 Å². The van der Waals surface area contributed by atoms with Crippen LogP contribution in [0.15, 0.2) is 48.5 Å². The molecule has 1 aliphatic rings. The maximum Gasteiger partial charge on any atom is 0.228 e. The first kappa shape index (κ1) is 16.3. The van der Waals surface area contributed by atoms with Crippen molar-refractivity contribution in [2.45, 2.75) is 6.42 Å². The third-order valence-electron chi connectivity index (χ3n) is 3.93. The summed E-state index contributed by atoms with van der Waals surface area (Å²) in [6.45, 7) is 0. The summed E-state index contributed by atoms with van der Waals surface area (Å²) in [5, 5.41) is 6.23. The number of rotatable bonds is 5. The fourth-order valence-electron chi connectivity index (χ4n) is 2.45. The first-order valence-corrected chi connectivity index (χ1v) is 7.96. The molecule has 0 radical (unpaired) electrons. The lowest BCUT2D eigenvalue weighted by Crippen LogP contribution is -2.20. The minimum atomic E-state index is -0.293. The summed E-state index contributed by atoms with van der Waals surface area (Å²) < 4.78 is 5.07. The van der Waals surface area contributed by atoms with E-state index in [4.69, 9.17) is 16.3 Å². The largest absolute Gasteiger partial charge is 0.497 e. The van der Waals surface area contributed by atoms with Crippen LogP contribution in [0.25, 0.3) is 0 Å². The molecule has 124 valence electrons. The SMILES string of the molecule is COc1ccc(NC(=O)C2CC2C(=O)Nc2ccc(Cl)cc2)cc1. The van der Waals surface area contributed by atoms with E-state index in [0.717, 1.165) is 5.75 Å². The van der Waals surface area contributed by atoms with Gasteiger partial charge in [0.05, 0.1) is 18.9 Å². The third-order valence-corrected chi connectivity index (χ3v) is 4.19. The Hall–Kier alpha value is -2.53. The van der Waals surface area contributed by atoms with E-state index < -0.39 is 0 Å². The van der Waals surface area contributed by atoms with Crippen molar-refractivity contribution >= 4 is 34.8 Å². The average Bonchev–Trinajstić information content (AvgIpc) is 3.38. The van der Waals surface area contributed by atoms with Crippen LogP contribution in [0.1, 0.15) is 6.42 Å². The predicted octanol–water partition coefficient (Wildman–Crippen LogP) is 3.56. The summed E-state index contributed by atoms with van der Waals surface area (Å²) in [5.41, 5.74) is 1.36. The highest BCUT2D eigenvalue weighted by molar-refractivity contribution is 6.30. The number of carbonyl (C=O) groups is 2. The molecule has 24 heavy (non-hydrogen) atoms. The summed E-state index contributed by atoms with van der Waals surface area (Å²) in [7, 11) is 1.58. The predicted molar refractivity (Wildman–Crippen MR) is 93.3 cm³/mol. The highest BCUT2D eigenvalue weighted by Gasteiger charge is 2.48. The molecular formula is C18H17ClN2O3. The number of hydrogen-bond acceptors (Lipinski definition) is 3. The molecule has 1 saturated carbocycles. The Labute approximate surface area is 145 Å². The third kappa shape index (κ3) is 3.86. The highest BCUT2D eigenvalue weighted by atomic mass is 35.5. The summed E-state index contributed by atoms with van der Waals surface area (Å²) >= 11 is 5.81. The Morgan fingerprint density at radius 3 is 1.83 bits per heavy atom. The number of hydrogen-bond donors (Lipinski definition) is 2. The normalized spacial score (nSPS) is 18.6. The zero-order valence-electron chi connectivity index (χ0n) is 13.1. The second-order valence-electron chi connectivity index (χ2n) is 5.66. The molecule has 1 fully saturated rings. The lowest BCUT2D eigenvalue weighted by molar-refractivity contribution is -0.122. The van der Waals surface area contributed by atoms with Crippen molar-refractivity contribution in [1.82, 2.24) is 0 Å². The molecule has 0 spiro atoms. The molecule has 5 nitrogen and oxygen atoms in total. The van der Waals surface area contributed by atoms with Gasteiger partial charge in [0.25, 0.3) is 0 Å². The Bertz CT molecular complexity index is 744. The standard InChI is InChI=1S/C18H17ClN2O3/c1-24-14-8-6-13(7-9-14)21-18(23)16-10-15(16)17(22)20-12-4-2-11(19)3-5-12/h2-9,15-16H,10H2,1H3,(H,20,22)(H,21,23). The lowest BCUT2D eigenvalue weighted by atomic mass is 10.2. The Morgan fingerprint density at radius 2 is 1.38 bits per heavy atom. The van der Waals surface area contributed by atoms with Crippen LogP contribution in [0.3, 0.4) is 0 Å². The quantitative estimate of drug-likeness (QED) is 0.871. The molecule has 0 bridgehead atoms. The fraction of sp³-hybridized carbons (Fsp3) is 0.222. The topological polar surface area (TPSA) is 67.4 Å². The Balaban J connectivity index is 1.52. The smallest absolute Gasteiger partial charge is 0.228 e. The van der Waals surface area contributed by atoms with Crippen LogP contribution >= 0.6 is 11.6 Å². The molecule has 1 aliphatic carbocycles. The van der Waals surface area contributed by atoms with Gasteiger partial charge in [-0.05, 0) is 55.0 Å². The zero-order valence-corrected chi connectivity index (χ0v) is 13.8. The molecule has 0 saturated heterocycles. The van der Waals surface area contributed by atoms with E-state index in [9.17, 15) is 9.59 Å². The van der Waals surface area contributed by atoms with Gasteiger partial charge in [0.2, 0.25) is 11.8 Å². The van der Waals surface area contributed by atoms with Crippen LogP contribution in [0.5, 0.6) is 5.75 Å². The van der Waals surface area contributed by atoms with E-state index in [1.807, 2.05) is 0 Å². The Kier molecular flexibility index (Phi) is 4.71. The zero-order chi connectivity index (χ0) is 17.1. The van der Waals surface area contributed by atoms with Crippen LogP contribution in [-0.2, 0) is 9.59 Å². The molecule has 2 aromatic rings. The number of nitrogens with one attached hydrogen (secondary N) is 2. The first-order chi connectivity index (χ1) is 11.6. The Morgan fingerprint density at radius 1 is 0.917 bits per heavy atom. The van der Waals surface area contributed by atoms with Crippen molar-refractivity contribution in [3.8, 4) is 5.75 Å². The number of halogens is 1. The van der Waals surface area contributed by atoms with Gasteiger partial charge in [-0.15, -0.1) is 0 Å². The number of carbonyl (C=O) groups excluding carboxylic acids is 2. The second kappa shape index (κ2) is 6.93. The van der Waals surface area contributed by atoms with Gasteiger partial charge in [0, 0.05) is 16.4 Å². The lowest BCUT2D eigenvalue weighted by Gasteiger charge is -2.07. The van der Waals surface area contributed by atoms with E-state index >= 15 is 0 Å². The monoisotopic (exact) mass is 344 g/mol. The molecular weight excluding hydrogens is 328 g/mol. The highest BCUT2D eigenvalue weighted by Crippen LogP contribution is 2.40. The van der Waals surface area contributed by atoms with Crippen molar-refractivity contribution in [3.63, 3.8) is 0 Å². The maximum absolute atomic E-state index is 12.2. The summed E-state index contributed by atoms with van der Waals surface area (Å²) in [4.78, 5) is 24.4. The summed E-state index contributed by atoms with van der Waals surface area (Å²) in [6.07, 6.45) is 0.557. The van der Waals surface area contributed by atoms with Crippen molar-refractivity contribution < 1.29 is 14.3 Å². The van der Waals surface area contributed by atoms with E-state index in [0.29, 0.717) is 22.8 Å². The van der Waals surface area contributed by atoms with E-state index in [1.54, 1.807) is 55.6 Å². The van der Waals surface area contributed by atoms with Crippen LogP contribution in [-0.4, -0.2) is 18.9 Å². The van der Waals surface area contributed by atoms with Gasteiger partial charge in [0.1, 0.15) is 5.75 Å². The van der Waals surface area contributed by atoms with Crippen molar-refractivity contribution in [1.29, 1.82) is 0 Å². The van der Waals surface area contributed by atoms with Gasteiger partial charge in [-0.2, -0.15) is 0 Å². The minimum absolute atomic E-state index is 0.142. The van der Waals surface area contributed by atoms with E-state index in [-0.39, 0.29) is 23.7 Å². The summed E-state index contributed by atoms with van der Waals surface area (Å²) in [5.74, 6) is -0.151. The number of methoxy groups -OCH3 is 1.